The fraction of sp³-hybridized carbons (Fsp3) is 0.474. The second kappa shape index (κ2) is 6.40. The first-order chi connectivity index (χ1) is 13.5. The molecule has 0 aromatic heterocycles. The van der Waals surface area contributed by atoms with Gasteiger partial charge in [0, 0.05) is 38.4 Å². The molecule has 1 unspecified atom stereocenters. The van der Waals surface area contributed by atoms with Crippen LogP contribution in [-0.2, 0) is 16.1 Å². The van der Waals surface area contributed by atoms with Gasteiger partial charge in [-0.3, -0.25) is 34.3 Å². The Bertz CT molecular complexity index is 913. The molecular formula is C19H20N4O4S. The molecule has 0 aliphatic carbocycles. The van der Waals surface area contributed by atoms with Crippen molar-refractivity contribution >= 4 is 35.4 Å². The topological polar surface area (TPSA) is 98.8 Å². The van der Waals surface area contributed by atoms with E-state index in [-0.39, 0.29) is 23.6 Å². The molecule has 5 rings (SSSR count). The maximum Gasteiger partial charge on any atom is 0.262 e. The Hall–Kier alpha value is -2.23. The van der Waals surface area contributed by atoms with E-state index in [2.05, 4.69) is 15.5 Å². The smallest absolute Gasteiger partial charge is 0.262 e. The normalized spacial score (nSPS) is 26.6. The highest BCUT2D eigenvalue weighted by atomic mass is 32.2. The quantitative estimate of drug-likeness (QED) is 0.686. The zero-order valence-corrected chi connectivity index (χ0v) is 16.0. The molecule has 1 aromatic rings. The number of nitrogens with one attached hydrogen (secondary N) is 2. The molecule has 3 fully saturated rings. The summed E-state index contributed by atoms with van der Waals surface area (Å²) in [6, 6.07) is 4.40. The van der Waals surface area contributed by atoms with Crippen LogP contribution in [0.1, 0.15) is 39.1 Å². The van der Waals surface area contributed by atoms with Crippen LogP contribution in [0.2, 0.25) is 0 Å². The molecule has 1 aromatic carbocycles. The molecule has 0 radical (unpaired) electrons. The molecule has 146 valence electrons. The number of hydrogen-bond donors (Lipinski definition) is 2. The van der Waals surface area contributed by atoms with Crippen LogP contribution >= 0.6 is 11.8 Å². The minimum absolute atomic E-state index is 0.0810. The predicted octanol–water partition coefficient (Wildman–Crippen LogP) is -0.0639. The number of imide groups is 2. The van der Waals surface area contributed by atoms with Gasteiger partial charge in [0.2, 0.25) is 11.8 Å². The molecule has 3 saturated heterocycles. The average molecular weight is 400 g/mol. The molecule has 1 spiro atoms. The van der Waals surface area contributed by atoms with Crippen molar-refractivity contribution in [1.82, 2.24) is 20.4 Å². The van der Waals surface area contributed by atoms with Gasteiger partial charge in [0.1, 0.15) is 6.04 Å². The van der Waals surface area contributed by atoms with Gasteiger partial charge in [0.25, 0.3) is 11.8 Å². The van der Waals surface area contributed by atoms with E-state index in [0.717, 1.165) is 35.9 Å². The standard InChI is InChI=1S/C19H20N4O4S/c24-14-5-4-13(16(25)21-14)23-17(26)12-3-1-2-11(15(12)18(23)27)8-22-6-7-28-19(22)9-20-10-19/h1-3,13,20H,4-10H2,(H,21,24,25). The van der Waals surface area contributed by atoms with Gasteiger partial charge in [0.05, 0.1) is 16.0 Å². The number of amides is 4. The second-order valence-electron chi connectivity index (χ2n) is 7.61. The molecular weight excluding hydrogens is 380 g/mol. The summed E-state index contributed by atoms with van der Waals surface area (Å²) in [5.74, 6) is -0.788. The molecule has 1 atom stereocenters. The summed E-state index contributed by atoms with van der Waals surface area (Å²) in [6.07, 6.45) is 0.292. The van der Waals surface area contributed by atoms with Gasteiger partial charge in [0.15, 0.2) is 0 Å². The Labute approximate surface area is 166 Å². The molecule has 9 heteroatoms. The van der Waals surface area contributed by atoms with Crippen LogP contribution in [0.25, 0.3) is 0 Å². The maximum absolute atomic E-state index is 13.2. The SMILES string of the molecule is O=C1CCC(N2C(=O)c3cccc(CN4CCSC45CNC5)c3C2=O)C(=O)N1. The lowest BCUT2D eigenvalue weighted by Gasteiger charge is -2.45. The van der Waals surface area contributed by atoms with Crippen molar-refractivity contribution in [3.63, 3.8) is 0 Å². The van der Waals surface area contributed by atoms with Crippen molar-refractivity contribution in [2.24, 2.45) is 0 Å². The van der Waals surface area contributed by atoms with Crippen LogP contribution in [0.15, 0.2) is 18.2 Å². The molecule has 2 N–H and O–H groups in total. The van der Waals surface area contributed by atoms with E-state index in [1.165, 1.54) is 0 Å². The van der Waals surface area contributed by atoms with E-state index in [0.29, 0.717) is 17.7 Å². The van der Waals surface area contributed by atoms with Gasteiger partial charge >= 0.3 is 0 Å². The van der Waals surface area contributed by atoms with Crippen molar-refractivity contribution in [3.8, 4) is 0 Å². The number of rotatable bonds is 3. The average Bonchev–Trinajstić information content (AvgIpc) is 3.17. The van der Waals surface area contributed by atoms with Gasteiger partial charge in [-0.15, -0.1) is 11.8 Å². The van der Waals surface area contributed by atoms with Crippen molar-refractivity contribution in [2.45, 2.75) is 30.3 Å². The fourth-order valence-electron chi connectivity index (χ4n) is 4.45. The minimum Gasteiger partial charge on any atom is -0.311 e. The number of carbonyl (C=O) groups excluding carboxylic acids is 4. The van der Waals surface area contributed by atoms with Gasteiger partial charge < -0.3 is 5.32 Å². The van der Waals surface area contributed by atoms with E-state index < -0.39 is 23.8 Å². The summed E-state index contributed by atoms with van der Waals surface area (Å²) in [6.45, 7) is 3.37. The number of thioether (sulfide) groups is 1. The first kappa shape index (κ1) is 17.8. The van der Waals surface area contributed by atoms with Crippen LogP contribution in [0.3, 0.4) is 0 Å². The van der Waals surface area contributed by atoms with Crippen LogP contribution in [0, 0.1) is 0 Å². The van der Waals surface area contributed by atoms with Gasteiger partial charge in [-0.1, -0.05) is 12.1 Å². The summed E-state index contributed by atoms with van der Waals surface area (Å²) >= 11 is 1.93. The molecule has 28 heavy (non-hydrogen) atoms. The molecule has 4 aliphatic heterocycles. The Morgan fingerprint density at radius 2 is 1.96 bits per heavy atom. The van der Waals surface area contributed by atoms with Crippen molar-refractivity contribution < 1.29 is 19.2 Å². The number of nitrogens with zero attached hydrogens (tertiary/aromatic N) is 2. The summed E-state index contributed by atoms with van der Waals surface area (Å²) in [4.78, 5) is 53.3. The monoisotopic (exact) mass is 400 g/mol. The fourth-order valence-corrected chi connectivity index (χ4v) is 5.89. The molecule has 4 heterocycles. The van der Waals surface area contributed by atoms with Crippen LogP contribution < -0.4 is 10.6 Å². The zero-order chi connectivity index (χ0) is 19.5. The van der Waals surface area contributed by atoms with Crippen LogP contribution in [0.5, 0.6) is 0 Å². The highest BCUT2D eigenvalue weighted by Gasteiger charge is 2.48. The third-order valence-electron chi connectivity index (χ3n) is 6.03. The van der Waals surface area contributed by atoms with E-state index in [1.807, 2.05) is 17.8 Å². The molecule has 0 saturated carbocycles. The second-order valence-corrected chi connectivity index (χ2v) is 9.06. The summed E-state index contributed by atoms with van der Waals surface area (Å²) in [7, 11) is 0. The third-order valence-corrected chi connectivity index (χ3v) is 7.50. The Morgan fingerprint density at radius 3 is 2.68 bits per heavy atom. The predicted molar refractivity (Wildman–Crippen MR) is 102 cm³/mol. The largest absolute Gasteiger partial charge is 0.311 e. The summed E-state index contributed by atoms with van der Waals surface area (Å²) in [5, 5.41) is 5.55. The van der Waals surface area contributed by atoms with E-state index in [1.54, 1.807) is 12.1 Å². The molecule has 4 amide bonds. The van der Waals surface area contributed by atoms with Gasteiger partial charge in [-0.2, -0.15) is 0 Å². The Balaban J connectivity index is 1.45. The Morgan fingerprint density at radius 1 is 1.14 bits per heavy atom. The first-order valence-corrected chi connectivity index (χ1v) is 10.4. The van der Waals surface area contributed by atoms with Gasteiger partial charge in [-0.25, -0.2) is 0 Å². The highest BCUT2D eigenvalue weighted by Crippen LogP contribution is 2.40. The molecule has 4 aliphatic rings. The molecule has 8 nitrogen and oxygen atoms in total. The number of hydrogen-bond acceptors (Lipinski definition) is 7. The lowest BCUT2D eigenvalue weighted by Crippen LogP contribution is -2.64. The number of piperidine rings is 1. The maximum atomic E-state index is 13.2. The van der Waals surface area contributed by atoms with Crippen molar-refractivity contribution in [1.29, 1.82) is 0 Å². The minimum atomic E-state index is -0.928. The van der Waals surface area contributed by atoms with Gasteiger partial charge in [-0.05, 0) is 18.1 Å². The third kappa shape index (κ3) is 2.53. The first-order valence-electron chi connectivity index (χ1n) is 9.43. The van der Waals surface area contributed by atoms with Crippen molar-refractivity contribution in [2.75, 3.05) is 25.4 Å². The highest BCUT2D eigenvalue weighted by molar-refractivity contribution is 8.01. The van der Waals surface area contributed by atoms with E-state index in [9.17, 15) is 19.2 Å². The van der Waals surface area contributed by atoms with Crippen LogP contribution in [0.4, 0.5) is 0 Å². The van der Waals surface area contributed by atoms with Crippen molar-refractivity contribution in [3.05, 3.63) is 34.9 Å². The lowest BCUT2D eigenvalue weighted by atomic mass is 10.0. The Kier molecular flexibility index (Phi) is 4.08. The molecule has 0 bridgehead atoms. The van der Waals surface area contributed by atoms with E-state index >= 15 is 0 Å². The number of benzene rings is 1. The summed E-state index contributed by atoms with van der Waals surface area (Å²) in [5.41, 5.74) is 1.57. The number of carbonyl (C=O) groups is 4. The zero-order valence-electron chi connectivity index (χ0n) is 15.2. The van der Waals surface area contributed by atoms with Crippen LogP contribution in [-0.4, -0.2) is 69.7 Å². The summed E-state index contributed by atoms with van der Waals surface area (Å²) < 4.78 is 0. The number of fused-ring (bicyclic) bond motifs is 1. The van der Waals surface area contributed by atoms with E-state index in [4.69, 9.17) is 0 Å². The lowest BCUT2D eigenvalue weighted by molar-refractivity contribution is -0.136.